The summed E-state index contributed by atoms with van der Waals surface area (Å²) in [5, 5.41) is 7.59. The first-order valence-corrected chi connectivity index (χ1v) is 9.16. The summed E-state index contributed by atoms with van der Waals surface area (Å²) in [6, 6.07) is 10.9. The average Bonchev–Trinajstić information content (AvgIpc) is 3.06. The van der Waals surface area contributed by atoms with Gasteiger partial charge in [0.05, 0.1) is 16.7 Å². The van der Waals surface area contributed by atoms with Crippen LogP contribution in [0.3, 0.4) is 0 Å². The Kier molecular flexibility index (Phi) is 5.74. The molecule has 0 radical (unpaired) electrons. The van der Waals surface area contributed by atoms with Crippen molar-refractivity contribution in [2.75, 3.05) is 12.3 Å². The number of rotatable bonds is 8. The fourth-order valence-corrected chi connectivity index (χ4v) is 3.59. The SMILES string of the molecule is C[C@H](NCCCS(=O)(=O)c1ccccc1)[C@@H](C)n1cccn1. The molecule has 5 nitrogen and oxygen atoms in total. The second-order valence-corrected chi connectivity index (χ2v) is 7.56. The molecule has 22 heavy (non-hydrogen) atoms. The van der Waals surface area contributed by atoms with Crippen LogP contribution in [0.2, 0.25) is 0 Å². The molecule has 2 atom stereocenters. The second kappa shape index (κ2) is 7.56. The third-order valence-corrected chi connectivity index (χ3v) is 5.64. The van der Waals surface area contributed by atoms with E-state index in [9.17, 15) is 8.42 Å². The summed E-state index contributed by atoms with van der Waals surface area (Å²) in [6.45, 7) is 4.84. The van der Waals surface area contributed by atoms with E-state index >= 15 is 0 Å². The lowest BCUT2D eigenvalue weighted by atomic mass is 10.2. The third kappa shape index (κ3) is 4.42. The highest BCUT2D eigenvalue weighted by molar-refractivity contribution is 7.91. The standard InChI is InChI=1S/C16H23N3O2S/c1-14(15(2)19-12-6-11-18-19)17-10-7-13-22(20,21)16-8-4-3-5-9-16/h3-6,8-9,11-12,14-15,17H,7,10,13H2,1-2H3/t14-,15+/m0/s1. The summed E-state index contributed by atoms with van der Waals surface area (Å²) in [4.78, 5) is 0.396. The van der Waals surface area contributed by atoms with E-state index < -0.39 is 9.84 Å². The number of hydrogen-bond donors (Lipinski definition) is 1. The van der Waals surface area contributed by atoms with Crippen molar-refractivity contribution >= 4 is 9.84 Å². The number of aromatic nitrogens is 2. The normalized spacial score (nSPS) is 14.6. The van der Waals surface area contributed by atoms with Gasteiger partial charge in [0.25, 0.3) is 0 Å². The maximum absolute atomic E-state index is 12.2. The van der Waals surface area contributed by atoms with E-state index in [0.717, 1.165) is 0 Å². The Morgan fingerprint density at radius 1 is 1.18 bits per heavy atom. The number of nitrogens with zero attached hydrogens (tertiary/aromatic N) is 2. The highest BCUT2D eigenvalue weighted by atomic mass is 32.2. The van der Waals surface area contributed by atoms with Crippen LogP contribution in [-0.2, 0) is 9.84 Å². The van der Waals surface area contributed by atoms with Gasteiger partial charge in [-0.15, -0.1) is 0 Å². The summed E-state index contributed by atoms with van der Waals surface area (Å²) in [5.74, 6) is 0.160. The molecular weight excluding hydrogens is 298 g/mol. The second-order valence-electron chi connectivity index (χ2n) is 5.45. The largest absolute Gasteiger partial charge is 0.312 e. The van der Waals surface area contributed by atoms with Crippen molar-refractivity contribution in [1.82, 2.24) is 15.1 Å². The molecule has 0 spiro atoms. The van der Waals surface area contributed by atoms with Crippen molar-refractivity contribution in [3.8, 4) is 0 Å². The molecule has 120 valence electrons. The van der Waals surface area contributed by atoms with Gasteiger partial charge in [-0.25, -0.2) is 8.42 Å². The molecule has 0 amide bonds. The molecule has 0 saturated heterocycles. The van der Waals surface area contributed by atoms with Gasteiger partial charge in [-0.2, -0.15) is 5.10 Å². The number of hydrogen-bond acceptors (Lipinski definition) is 4. The quantitative estimate of drug-likeness (QED) is 0.758. The highest BCUT2D eigenvalue weighted by Gasteiger charge is 2.15. The summed E-state index contributed by atoms with van der Waals surface area (Å²) >= 11 is 0. The van der Waals surface area contributed by atoms with Crippen LogP contribution < -0.4 is 5.32 Å². The fraction of sp³-hybridized carbons (Fsp3) is 0.438. The van der Waals surface area contributed by atoms with Gasteiger partial charge in [-0.1, -0.05) is 18.2 Å². The Bertz CT molecular complexity index is 654. The van der Waals surface area contributed by atoms with E-state index in [-0.39, 0.29) is 17.8 Å². The first kappa shape index (κ1) is 16.7. The zero-order chi connectivity index (χ0) is 16.0. The molecule has 0 aliphatic carbocycles. The summed E-state index contributed by atoms with van der Waals surface area (Å²) in [7, 11) is -3.18. The van der Waals surface area contributed by atoms with Gasteiger partial charge in [0.1, 0.15) is 0 Å². The summed E-state index contributed by atoms with van der Waals surface area (Å²) in [5.41, 5.74) is 0. The maximum Gasteiger partial charge on any atom is 0.178 e. The van der Waals surface area contributed by atoms with Crippen LogP contribution in [0.1, 0.15) is 26.3 Å². The van der Waals surface area contributed by atoms with Crippen LogP contribution in [0.5, 0.6) is 0 Å². The summed E-state index contributed by atoms with van der Waals surface area (Å²) in [6.07, 6.45) is 4.28. The Hall–Kier alpha value is -1.66. The molecule has 1 heterocycles. The van der Waals surface area contributed by atoms with Gasteiger partial charge in [-0.3, -0.25) is 4.68 Å². The van der Waals surface area contributed by atoms with Crippen molar-refractivity contribution in [1.29, 1.82) is 0 Å². The zero-order valence-corrected chi connectivity index (χ0v) is 13.8. The lowest BCUT2D eigenvalue weighted by molar-refractivity contribution is 0.367. The predicted molar refractivity (Wildman–Crippen MR) is 87.5 cm³/mol. The minimum absolute atomic E-state index is 0.160. The smallest absolute Gasteiger partial charge is 0.178 e. The Morgan fingerprint density at radius 3 is 2.55 bits per heavy atom. The van der Waals surface area contributed by atoms with E-state index in [1.54, 1.807) is 30.5 Å². The molecule has 0 unspecified atom stereocenters. The van der Waals surface area contributed by atoms with Crippen molar-refractivity contribution in [3.05, 3.63) is 48.8 Å². The van der Waals surface area contributed by atoms with E-state index in [4.69, 9.17) is 0 Å². The lowest BCUT2D eigenvalue weighted by Gasteiger charge is -2.21. The van der Waals surface area contributed by atoms with Gasteiger partial charge in [-0.05, 0) is 45.0 Å². The first-order chi connectivity index (χ1) is 10.5. The monoisotopic (exact) mass is 321 g/mol. The third-order valence-electron chi connectivity index (χ3n) is 3.82. The zero-order valence-electron chi connectivity index (χ0n) is 13.0. The molecule has 1 aromatic carbocycles. The minimum atomic E-state index is -3.18. The van der Waals surface area contributed by atoms with Crippen LogP contribution in [0.25, 0.3) is 0 Å². The van der Waals surface area contributed by atoms with Gasteiger partial charge < -0.3 is 5.32 Å². The Balaban J connectivity index is 1.77. The molecule has 1 N–H and O–H groups in total. The number of benzene rings is 1. The molecule has 0 aliphatic heterocycles. The van der Waals surface area contributed by atoms with Gasteiger partial charge >= 0.3 is 0 Å². The number of nitrogens with one attached hydrogen (secondary N) is 1. The Labute approximate surface area is 132 Å². The molecule has 6 heteroatoms. The molecule has 0 bridgehead atoms. The van der Waals surface area contributed by atoms with Gasteiger partial charge in [0.2, 0.25) is 0 Å². The maximum atomic E-state index is 12.2. The van der Waals surface area contributed by atoms with Gasteiger partial charge in [0.15, 0.2) is 9.84 Å². The van der Waals surface area contributed by atoms with Crippen molar-refractivity contribution in [2.45, 2.75) is 37.2 Å². The molecule has 1 aromatic heterocycles. The Morgan fingerprint density at radius 2 is 1.91 bits per heavy atom. The highest BCUT2D eigenvalue weighted by Crippen LogP contribution is 2.12. The van der Waals surface area contributed by atoms with E-state index in [1.807, 2.05) is 23.0 Å². The van der Waals surface area contributed by atoms with E-state index in [0.29, 0.717) is 17.9 Å². The van der Waals surface area contributed by atoms with Gasteiger partial charge in [0, 0.05) is 18.4 Å². The first-order valence-electron chi connectivity index (χ1n) is 7.51. The molecule has 0 saturated carbocycles. The van der Waals surface area contributed by atoms with Crippen LogP contribution >= 0.6 is 0 Å². The summed E-state index contributed by atoms with van der Waals surface area (Å²) < 4.78 is 26.2. The van der Waals surface area contributed by atoms with Crippen LogP contribution in [0, 0.1) is 0 Å². The lowest BCUT2D eigenvalue weighted by Crippen LogP contribution is -2.35. The average molecular weight is 321 g/mol. The molecular formula is C16H23N3O2S. The van der Waals surface area contributed by atoms with Crippen molar-refractivity contribution < 1.29 is 8.42 Å². The predicted octanol–water partition coefficient (Wildman–Crippen LogP) is 2.29. The number of sulfone groups is 1. The van der Waals surface area contributed by atoms with Crippen LogP contribution in [-0.4, -0.2) is 36.5 Å². The van der Waals surface area contributed by atoms with Crippen molar-refractivity contribution in [3.63, 3.8) is 0 Å². The van der Waals surface area contributed by atoms with Crippen LogP contribution in [0.4, 0.5) is 0 Å². The van der Waals surface area contributed by atoms with Crippen molar-refractivity contribution in [2.24, 2.45) is 0 Å². The molecule has 2 rings (SSSR count). The minimum Gasteiger partial charge on any atom is -0.312 e. The van der Waals surface area contributed by atoms with Crippen LogP contribution in [0.15, 0.2) is 53.7 Å². The molecule has 2 aromatic rings. The molecule has 0 fully saturated rings. The van der Waals surface area contributed by atoms with E-state index in [2.05, 4.69) is 24.3 Å². The fourth-order valence-electron chi connectivity index (χ4n) is 2.26. The van der Waals surface area contributed by atoms with E-state index in [1.165, 1.54) is 0 Å². The topological polar surface area (TPSA) is 64.0 Å². The molecule has 0 aliphatic rings.